The van der Waals surface area contributed by atoms with Crippen LogP contribution in [-0.2, 0) is 17.8 Å². The normalized spacial score (nSPS) is 10.8. The summed E-state index contributed by atoms with van der Waals surface area (Å²) in [6.07, 6.45) is 0.718. The fraction of sp³-hybridized carbons (Fsp3) is 0.333. The number of aromatic nitrogens is 1. The first-order valence-electron chi connectivity index (χ1n) is 10.4. The molecule has 3 rings (SSSR count). The van der Waals surface area contributed by atoms with Crippen LogP contribution in [0.5, 0.6) is 5.75 Å². The Morgan fingerprint density at radius 3 is 2.71 bits per heavy atom. The molecule has 6 nitrogen and oxygen atoms in total. The number of urea groups is 1. The summed E-state index contributed by atoms with van der Waals surface area (Å²) in [5, 5.41) is 8.94. The number of hydrogen-bond donors (Lipinski definition) is 2. The van der Waals surface area contributed by atoms with Crippen LogP contribution >= 0.6 is 11.3 Å². The van der Waals surface area contributed by atoms with E-state index in [4.69, 9.17) is 9.47 Å². The minimum Gasteiger partial charge on any atom is -0.491 e. The number of nitrogens with zero attached hydrogens (tertiary/aromatic N) is 1. The molecule has 0 radical (unpaired) electrons. The van der Waals surface area contributed by atoms with Gasteiger partial charge in [-0.1, -0.05) is 44.2 Å². The fourth-order valence-corrected chi connectivity index (χ4v) is 3.72. The number of para-hydroxylation sites is 1. The van der Waals surface area contributed by atoms with Crippen LogP contribution < -0.4 is 15.4 Å². The number of ether oxygens (including phenoxy) is 2. The molecule has 1 heterocycles. The van der Waals surface area contributed by atoms with E-state index in [2.05, 4.69) is 34.8 Å². The minimum atomic E-state index is -0.228. The van der Waals surface area contributed by atoms with Crippen molar-refractivity contribution in [2.45, 2.75) is 32.8 Å². The fourth-order valence-electron chi connectivity index (χ4n) is 2.85. The van der Waals surface area contributed by atoms with E-state index in [0.717, 1.165) is 34.1 Å². The lowest BCUT2D eigenvalue weighted by atomic mass is 10.2. The number of rotatable bonds is 11. The van der Waals surface area contributed by atoms with Gasteiger partial charge < -0.3 is 20.1 Å². The molecule has 0 aliphatic rings. The molecule has 0 bridgehead atoms. The average molecular weight is 440 g/mol. The summed E-state index contributed by atoms with van der Waals surface area (Å²) < 4.78 is 11.3. The summed E-state index contributed by atoms with van der Waals surface area (Å²) in [6, 6.07) is 17.1. The molecule has 0 aliphatic carbocycles. The van der Waals surface area contributed by atoms with Crippen molar-refractivity contribution >= 4 is 23.1 Å². The van der Waals surface area contributed by atoms with Crippen molar-refractivity contribution in [3.8, 4) is 5.75 Å². The topological polar surface area (TPSA) is 72.5 Å². The molecule has 3 aromatic rings. The number of carbonyl (C=O) groups is 1. The molecule has 0 saturated carbocycles. The van der Waals surface area contributed by atoms with Gasteiger partial charge in [-0.2, -0.15) is 0 Å². The summed E-state index contributed by atoms with van der Waals surface area (Å²) in [5.41, 5.74) is 2.74. The maximum atomic E-state index is 12.2. The van der Waals surface area contributed by atoms with Gasteiger partial charge in [-0.15, -0.1) is 11.3 Å². The molecule has 2 amide bonds. The van der Waals surface area contributed by atoms with E-state index in [1.165, 1.54) is 0 Å². The number of anilines is 1. The predicted molar refractivity (Wildman–Crippen MR) is 125 cm³/mol. The highest BCUT2D eigenvalue weighted by Gasteiger charge is 2.07. The molecular formula is C24H29N3O3S. The van der Waals surface area contributed by atoms with Gasteiger partial charge in [0, 0.05) is 30.0 Å². The SMILES string of the molecule is CC(C)c1nc(CCNC(=O)Nc2cccc(COCCOc3ccccc3)c2)cs1. The van der Waals surface area contributed by atoms with Crippen LogP contribution in [0.2, 0.25) is 0 Å². The standard InChI is InChI=1S/C24H29N3O3S/c1-18(2)23-26-21(17-31-23)11-12-25-24(28)27-20-8-6-7-19(15-20)16-29-13-14-30-22-9-4-3-5-10-22/h3-10,15,17-18H,11-14,16H2,1-2H3,(H2,25,27,28). The van der Waals surface area contributed by atoms with E-state index < -0.39 is 0 Å². The number of nitrogens with one attached hydrogen (secondary N) is 2. The molecule has 7 heteroatoms. The first-order valence-corrected chi connectivity index (χ1v) is 11.3. The Bertz CT molecular complexity index is 944. The third-order valence-corrected chi connectivity index (χ3v) is 5.62. The zero-order valence-corrected chi connectivity index (χ0v) is 18.8. The quantitative estimate of drug-likeness (QED) is 0.402. The van der Waals surface area contributed by atoms with Crippen molar-refractivity contribution in [1.82, 2.24) is 10.3 Å². The second kappa shape index (κ2) is 12.1. The van der Waals surface area contributed by atoms with Crippen molar-refractivity contribution in [3.63, 3.8) is 0 Å². The molecule has 2 N–H and O–H groups in total. The second-order valence-electron chi connectivity index (χ2n) is 7.38. The molecule has 1 aromatic heterocycles. The summed E-state index contributed by atoms with van der Waals surface area (Å²) in [7, 11) is 0. The van der Waals surface area contributed by atoms with E-state index in [-0.39, 0.29) is 6.03 Å². The van der Waals surface area contributed by atoms with Crippen molar-refractivity contribution in [2.24, 2.45) is 0 Å². The lowest BCUT2D eigenvalue weighted by Gasteiger charge is -2.10. The number of hydrogen-bond acceptors (Lipinski definition) is 5. The summed E-state index contributed by atoms with van der Waals surface area (Å²) in [4.78, 5) is 16.8. The first-order chi connectivity index (χ1) is 15.1. The molecule has 164 valence electrons. The maximum Gasteiger partial charge on any atom is 0.319 e. The molecule has 0 unspecified atom stereocenters. The van der Waals surface area contributed by atoms with Gasteiger partial charge in [0.25, 0.3) is 0 Å². The van der Waals surface area contributed by atoms with E-state index in [9.17, 15) is 4.79 Å². The Labute approximate surface area is 187 Å². The van der Waals surface area contributed by atoms with Crippen LogP contribution in [0.1, 0.15) is 36.0 Å². The van der Waals surface area contributed by atoms with Crippen molar-refractivity contribution in [3.05, 3.63) is 76.2 Å². The minimum absolute atomic E-state index is 0.228. The zero-order valence-electron chi connectivity index (χ0n) is 18.0. The molecule has 2 aromatic carbocycles. The van der Waals surface area contributed by atoms with Gasteiger partial charge in [-0.3, -0.25) is 0 Å². The van der Waals surface area contributed by atoms with Crippen molar-refractivity contribution in [1.29, 1.82) is 0 Å². The van der Waals surface area contributed by atoms with Crippen molar-refractivity contribution < 1.29 is 14.3 Å². The monoisotopic (exact) mass is 439 g/mol. The zero-order chi connectivity index (χ0) is 21.9. The van der Waals surface area contributed by atoms with Crippen LogP contribution in [0, 0.1) is 0 Å². The third-order valence-electron chi connectivity index (χ3n) is 4.42. The molecule has 0 fully saturated rings. The average Bonchev–Trinajstić information content (AvgIpc) is 3.24. The summed E-state index contributed by atoms with van der Waals surface area (Å²) in [6.45, 7) is 6.23. The Balaban J connectivity index is 1.34. The second-order valence-corrected chi connectivity index (χ2v) is 8.27. The first kappa shape index (κ1) is 22.8. The molecular weight excluding hydrogens is 410 g/mol. The highest BCUT2D eigenvalue weighted by Crippen LogP contribution is 2.19. The Morgan fingerprint density at radius 2 is 1.94 bits per heavy atom. The summed E-state index contributed by atoms with van der Waals surface area (Å²) in [5.74, 6) is 1.26. The van der Waals surface area contributed by atoms with Gasteiger partial charge in [0.15, 0.2) is 0 Å². The predicted octanol–water partition coefficient (Wildman–Crippen LogP) is 5.23. The van der Waals surface area contributed by atoms with Crippen LogP contribution in [0.15, 0.2) is 60.0 Å². The Morgan fingerprint density at radius 1 is 1.10 bits per heavy atom. The molecule has 0 saturated heterocycles. The Hall–Kier alpha value is -2.90. The van der Waals surface area contributed by atoms with E-state index in [1.807, 2.05) is 54.6 Å². The third kappa shape index (κ3) is 8.03. The lowest BCUT2D eigenvalue weighted by Crippen LogP contribution is -2.30. The smallest absolute Gasteiger partial charge is 0.319 e. The van der Waals surface area contributed by atoms with Gasteiger partial charge in [-0.25, -0.2) is 9.78 Å². The van der Waals surface area contributed by atoms with Gasteiger partial charge in [0.05, 0.1) is 23.9 Å². The molecule has 0 atom stereocenters. The van der Waals surface area contributed by atoms with Crippen LogP contribution in [0.25, 0.3) is 0 Å². The molecule has 0 spiro atoms. The highest BCUT2D eigenvalue weighted by molar-refractivity contribution is 7.09. The van der Waals surface area contributed by atoms with Gasteiger partial charge in [0.2, 0.25) is 0 Å². The number of amides is 2. The number of benzene rings is 2. The van der Waals surface area contributed by atoms with Gasteiger partial charge >= 0.3 is 6.03 Å². The van der Waals surface area contributed by atoms with Gasteiger partial charge in [0.1, 0.15) is 12.4 Å². The van der Waals surface area contributed by atoms with Crippen LogP contribution in [0.3, 0.4) is 0 Å². The largest absolute Gasteiger partial charge is 0.491 e. The lowest BCUT2D eigenvalue weighted by molar-refractivity contribution is 0.0889. The molecule has 31 heavy (non-hydrogen) atoms. The van der Waals surface area contributed by atoms with E-state index in [0.29, 0.717) is 32.3 Å². The number of thiazole rings is 1. The maximum absolute atomic E-state index is 12.2. The number of carbonyl (C=O) groups excluding carboxylic acids is 1. The Kier molecular flexibility index (Phi) is 8.87. The van der Waals surface area contributed by atoms with E-state index >= 15 is 0 Å². The van der Waals surface area contributed by atoms with E-state index in [1.54, 1.807) is 11.3 Å². The van der Waals surface area contributed by atoms with Gasteiger partial charge in [-0.05, 0) is 29.8 Å². The molecule has 0 aliphatic heterocycles. The van der Waals surface area contributed by atoms with Crippen LogP contribution in [0.4, 0.5) is 10.5 Å². The van der Waals surface area contributed by atoms with Crippen LogP contribution in [-0.4, -0.2) is 30.8 Å². The summed E-state index contributed by atoms with van der Waals surface area (Å²) >= 11 is 1.67. The van der Waals surface area contributed by atoms with Crippen molar-refractivity contribution in [2.75, 3.05) is 25.1 Å². The highest BCUT2D eigenvalue weighted by atomic mass is 32.1.